The van der Waals surface area contributed by atoms with Crippen LogP contribution in [-0.4, -0.2) is 30.7 Å². The van der Waals surface area contributed by atoms with E-state index in [2.05, 4.69) is 29.5 Å². The zero-order chi connectivity index (χ0) is 17.5. The number of allylic oxidation sites excluding steroid dienone is 2. The van der Waals surface area contributed by atoms with Gasteiger partial charge in [0.1, 0.15) is 5.82 Å². The molecule has 2 N–H and O–H groups in total. The van der Waals surface area contributed by atoms with Crippen molar-refractivity contribution in [2.24, 2.45) is 16.3 Å². The van der Waals surface area contributed by atoms with E-state index in [1.807, 2.05) is 14.0 Å². The van der Waals surface area contributed by atoms with Crippen LogP contribution in [0, 0.1) is 17.2 Å². The molecule has 4 heteroatoms. The van der Waals surface area contributed by atoms with Gasteiger partial charge in [0.2, 0.25) is 0 Å². The van der Waals surface area contributed by atoms with Crippen molar-refractivity contribution in [1.29, 1.82) is 0 Å². The highest BCUT2D eigenvalue weighted by Crippen LogP contribution is 2.55. The van der Waals surface area contributed by atoms with Gasteiger partial charge in [-0.1, -0.05) is 12.2 Å². The molecule has 0 atom stereocenters. The van der Waals surface area contributed by atoms with E-state index in [9.17, 15) is 4.39 Å². The fraction of sp³-hybridized carbons (Fsp3) is 0.450. The average Bonchev–Trinajstić information content (AvgIpc) is 2.46. The number of aliphatic imine (C=N–C) groups is 1. The summed E-state index contributed by atoms with van der Waals surface area (Å²) in [6, 6.07) is 4.67. The molecular formula is C20H26FN3. The number of halogens is 1. The van der Waals surface area contributed by atoms with E-state index in [1.54, 1.807) is 12.1 Å². The normalized spacial score (nSPS) is 20.8. The Morgan fingerprint density at radius 1 is 1.38 bits per heavy atom. The summed E-state index contributed by atoms with van der Waals surface area (Å²) >= 11 is 0. The van der Waals surface area contributed by atoms with Crippen molar-refractivity contribution in [3.05, 3.63) is 47.8 Å². The summed E-state index contributed by atoms with van der Waals surface area (Å²) in [5.41, 5.74) is 10.5. The number of nitrogens with zero attached hydrogens (tertiary/aromatic N) is 2. The maximum Gasteiger partial charge on any atom is 0.132 e. The van der Waals surface area contributed by atoms with Crippen molar-refractivity contribution in [1.82, 2.24) is 4.90 Å². The van der Waals surface area contributed by atoms with Crippen LogP contribution in [0.25, 0.3) is 5.70 Å². The van der Waals surface area contributed by atoms with Crippen molar-refractivity contribution in [2.75, 3.05) is 25.9 Å². The van der Waals surface area contributed by atoms with Crippen LogP contribution in [0.2, 0.25) is 0 Å². The molecule has 24 heavy (non-hydrogen) atoms. The van der Waals surface area contributed by atoms with Gasteiger partial charge in [0, 0.05) is 48.2 Å². The number of likely N-dealkylation sites (tertiary alicyclic amines) is 1. The fourth-order valence-electron chi connectivity index (χ4n) is 3.97. The van der Waals surface area contributed by atoms with Crippen molar-refractivity contribution in [2.45, 2.75) is 26.7 Å². The molecule has 0 aromatic heterocycles. The molecule has 1 aromatic rings. The molecule has 1 spiro atoms. The largest absolute Gasteiger partial charge is 0.399 e. The van der Waals surface area contributed by atoms with E-state index in [1.165, 1.54) is 24.5 Å². The molecule has 128 valence electrons. The van der Waals surface area contributed by atoms with Gasteiger partial charge in [-0.15, -0.1) is 0 Å². The van der Waals surface area contributed by atoms with Gasteiger partial charge in [0.15, 0.2) is 0 Å². The second-order valence-corrected chi connectivity index (χ2v) is 7.40. The first kappa shape index (κ1) is 16.7. The molecule has 2 fully saturated rings. The summed E-state index contributed by atoms with van der Waals surface area (Å²) in [6.07, 6.45) is 4.60. The van der Waals surface area contributed by atoms with E-state index in [0.717, 1.165) is 24.5 Å². The Kier molecular flexibility index (Phi) is 4.24. The van der Waals surface area contributed by atoms with Crippen molar-refractivity contribution in [3.63, 3.8) is 0 Å². The summed E-state index contributed by atoms with van der Waals surface area (Å²) < 4.78 is 14.0. The van der Waals surface area contributed by atoms with Crippen molar-refractivity contribution < 1.29 is 4.39 Å². The van der Waals surface area contributed by atoms with E-state index < -0.39 is 0 Å². The summed E-state index contributed by atoms with van der Waals surface area (Å²) in [5, 5.41) is 0. The Morgan fingerprint density at radius 3 is 2.67 bits per heavy atom. The topological polar surface area (TPSA) is 41.6 Å². The number of hydrogen-bond acceptors (Lipinski definition) is 3. The van der Waals surface area contributed by atoms with Crippen LogP contribution in [0.15, 0.2) is 41.4 Å². The fourth-order valence-corrected chi connectivity index (χ4v) is 3.97. The van der Waals surface area contributed by atoms with Crippen LogP contribution in [-0.2, 0) is 0 Å². The Bertz CT molecular complexity index is 718. The SMILES string of the molecule is C=C(c1cc(N)ccc1F)N1CC2(CC(/C(C)=C/C(C)=NC)C2)C1. The first-order valence-electron chi connectivity index (χ1n) is 8.44. The predicted octanol–water partition coefficient (Wildman–Crippen LogP) is 4.13. The maximum atomic E-state index is 14.0. The third-order valence-corrected chi connectivity index (χ3v) is 5.53. The minimum atomic E-state index is -0.255. The molecule has 0 amide bonds. The van der Waals surface area contributed by atoms with Gasteiger partial charge in [-0.3, -0.25) is 4.99 Å². The Labute approximate surface area is 143 Å². The molecule has 3 nitrogen and oxygen atoms in total. The maximum absolute atomic E-state index is 14.0. The monoisotopic (exact) mass is 327 g/mol. The molecule has 1 saturated carbocycles. The molecule has 1 aliphatic heterocycles. The van der Waals surface area contributed by atoms with Crippen LogP contribution in [0.5, 0.6) is 0 Å². The van der Waals surface area contributed by atoms with Crippen LogP contribution in [0.4, 0.5) is 10.1 Å². The van der Waals surface area contributed by atoms with Gasteiger partial charge in [0.25, 0.3) is 0 Å². The number of hydrogen-bond donors (Lipinski definition) is 1. The van der Waals surface area contributed by atoms with Crippen molar-refractivity contribution >= 4 is 17.1 Å². The van der Waals surface area contributed by atoms with E-state index in [4.69, 9.17) is 5.73 Å². The van der Waals surface area contributed by atoms with Gasteiger partial charge in [-0.2, -0.15) is 0 Å². The van der Waals surface area contributed by atoms with Crippen LogP contribution < -0.4 is 5.73 Å². The third kappa shape index (κ3) is 2.97. The van der Waals surface area contributed by atoms with E-state index >= 15 is 0 Å². The minimum Gasteiger partial charge on any atom is -0.399 e. The highest BCUT2D eigenvalue weighted by Gasteiger charge is 2.52. The van der Waals surface area contributed by atoms with Gasteiger partial charge < -0.3 is 10.6 Å². The van der Waals surface area contributed by atoms with E-state index in [-0.39, 0.29) is 5.82 Å². The molecule has 1 heterocycles. The lowest BCUT2D eigenvalue weighted by Crippen LogP contribution is -2.61. The molecule has 1 aromatic carbocycles. The second-order valence-electron chi connectivity index (χ2n) is 7.40. The van der Waals surface area contributed by atoms with Gasteiger partial charge in [0.05, 0.1) is 0 Å². The van der Waals surface area contributed by atoms with Crippen molar-refractivity contribution in [3.8, 4) is 0 Å². The number of rotatable bonds is 4. The molecule has 0 bridgehead atoms. The lowest BCUT2D eigenvalue weighted by Gasteiger charge is -2.60. The Morgan fingerprint density at radius 2 is 2.04 bits per heavy atom. The average molecular weight is 327 g/mol. The van der Waals surface area contributed by atoms with Crippen LogP contribution in [0.3, 0.4) is 0 Å². The summed E-state index contributed by atoms with van der Waals surface area (Å²) in [7, 11) is 1.83. The highest BCUT2D eigenvalue weighted by molar-refractivity contribution is 5.93. The zero-order valence-corrected chi connectivity index (χ0v) is 14.8. The summed E-state index contributed by atoms with van der Waals surface area (Å²) in [4.78, 5) is 6.37. The molecule has 1 saturated heterocycles. The predicted molar refractivity (Wildman–Crippen MR) is 99.4 cm³/mol. The molecule has 1 aliphatic carbocycles. The number of benzene rings is 1. The number of nitrogens with two attached hydrogens (primary N) is 1. The van der Waals surface area contributed by atoms with Crippen LogP contribution in [0.1, 0.15) is 32.3 Å². The lowest BCUT2D eigenvalue weighted by molar-refractivity contribution is -0.0532. The lowest BCUT2D eigenvalue weighted by atomic mass is 9.56. The van der Waals surface area contributed by atoms with Crippen LogP contribution >= 0.6 is 0 Å². The van der Waals surface area contributed by atoms with Gasteiger partial charge in [-0.05, 0) is 56.9 Å². The zero-order valence-electron chi connectivity index (χ0n) is 14.8. The first-order valence-corrected chi connectivity index (χ1v) is 8.44. The molecule has 2 aliphatic rings. The molecule has 0 unspecified atom stereocenters. The smallest absolute Gasteiger partial charge is 0.132 e. The second kappa shape index (κ2) is 6.08. The molecular weight excluding hydrogens is 301 g/mol. The third-order valence-electron chi connectivity index (χ3n) is 5.53. The Balaban J connectivity index is 1.58. The minimum absolute atomic E-state index is 0.255. The number of nitrogen functional groups attached to an aromatic ring is 1. The Hall–Kier alpha value is -2.10. The molecule has 3 rings (SSSR count). The van der Waals surface area contributed by atoms with E-state index in [0.29, 0.717) is 22.6 Å². The first-order chi connectivity index (χ1) is 11.3. The highest BCUT2D eigenvalue weighted by atomic mass is 19.1. The van der Waals surface area contributed by atoms with Gasteiger partial charge >= 0.3 is 0 Å². The van der Waals surface area contributed by atoms with Gasteiger partial charge in [-0.25, -0.2) is 4.39 Å². The quantitative estimate of drug-likeness (QED) is 0.667. The molecule has 0 radical (unpaired) electrons. The summed E-state index contributed by atoms with van der Waals surface area (Å²) in [6.45, 7) is 10.2. The summed E-state index contributed by atoms with van der Waals surface area (Å²) in [5.74, 6) is 0.399. The standard InChI is InChI=1S/C20H26FN3/c1-13(7-14(2)23-4)16-9-20(10-16)11-24(12-20)15(3)18-8-17(22)5-6-19(18)21/h5-8,16H,3,9-12,22H2,1-2,4H3/b13-7+,23-14?. The number of anilines is 1.